The minimum atomic E-state index is -0.431. The van der Waals surface area contributed by atoms with E-state index in [0.717, 1.165) is 30.7 Å². The van der Waals surface area contributed by atoms with Crippen LogP contribution < -0.4 is 0 Å². The maximum Gasteiger partial charge on any atom is 0.410 e. The first-order valence-electron chi connectivity index (χ1n) is 8.51. The lowest BCUT2D eigenvalue weighted by molar-refractivity contribution is -0.0793. The number of ether oxygens (including phenoxy) is 2. The predicted octanol–water partition coefficient (Wildman–Crippen LogP) is 4.36. The van der Waals surface area contributed by atoms with E-state index in [-0.39, 0.29) is 11.7 Å². The fraction of sp³-hybridized carbons (Fsp3) is 0.941. The second-order valence-corrected chi connectivity index (χ2v) is 8.31. The van der Waals surface area contributed by atoms with Gasteiger partial charge in [0.05, 0.1) is 12.2 Å². The van der Waals surface area contributed by atoms with E-state index in [1.165, 1.54) is 25.7 Å². The molecule has 128 valence electrons. The van der Waals surface area contributed by atoms with Gasteiger partial charge < -0.3 is 14.4 Å². The SMILES string of the molecule is CC(C)(C)OC(=O)N1CCC(CBr)(OCC2CCCC2)CC1. The van der Waals surface area contributed by atoms with Crippen molar-refractivity contribution in [2.75, 3.05) is 25.0 Å². The highest BCUT2D eigenvalue weighted by Crippen LogP contribution is 2.32. The van der Waals surface area contributed by atoms with E-state index in [2.05, 4.69) is 15.9 Å². The molecule has 1 saturated heterocycles. The fourth-order valence-electron chi connectivity index (χ4n) is 3.21. The molecule has 2 rings (SSSR count). The lowest BCUT2D eigenvalue weighted by Crippen LogP contribution is -2.50. The molecule has 0 radical (unpaired) electrons. The Hall–Kier alpha value is -0.290. The molecule has 2 aliphatic rings. The highest BCUT2D eigenvalue weighted by atomic mass is 79.9. The lowest BCUT2D eigenvalue weighted by Gasteiger charge is -2.41. The van der Waals surface area contributed by atoms with Gasteiger partial charge in [0.1, 0.15) is 5.60 Å². The zero-order valence-corrected chi connectivity index (χ0v) is 15.8. The first-order valence-corrected chi connectivity index (χ1v) is 9.64. The van der Waals surface area contributed by atoms with E-state index in [1.54, 1.807) is 0 Å². The fourth-order valence-corrected chi connectivity index (χ4v) is 3.93. The third-order valence-corrected chi connectivity index (χ3v) is 5.69. The van der Waals surface area contributed by atoms with Crippen LogP contribution in [0.5, 0.6) is 0 Å². The highest BCUT2D eigenvalue weighted by Gasteiger charge is 2.37. The van der Waals surface area contributed by atoms with Crippen molar-refractivity contribution in [1.82, 2.24) is 4.90 Å². The Morgan fingerprint density at radius 3 is 2.32 bits per heavy atom. The third kappa shape index (κ3) is 5.12. The highest BCUT2D eigenvalue weighted by molar-refractivity contribution is 9.09. The summed E-state index contributed by atoms with van der Waals surface area (Å²) < 4.78 is 11.8. The Kier molecular flexibility index (Phi) is 6.17. The molecule has 4 nitrogen and oxygen atoms in total. The summed E-state index contributed by atoms with van der Waals surface area (Å²) >= 11 is 3.62. The molecular formula is C17H30BrNO3. The summed E-state index contributed by atoms with van der Waals surface area (Å²) in [6, 6.07) is 0. The Morgan fingerprint density at radius 2 is 1.82 bits per heavy atom. The molecule has 22 heavy (non-hydrogen) atoms. The number of alkyl halides is 1. The van der Waals surface area contributed by atoms with Gasteiger partial charge in [-0.05, 0) is 52.4 Å². The molecule has 0 N–H and O–H groups in total. The van der Waals surface area contributed by atoms with Crippen LogP contribution in [0.1, 0.15) is 59.3 Å². The number of carbonyl (C=O) groups is 1. The molecule has 1 aliphatic carbocycles. The first-order chi connectivity index (χ1) is 10.3. The van der Waals surface area contributed by atoms with Crippen LogP contribution in [-0.4, -0.2) is 47.2 Å². The smallest absolute Gasteiger partial charge is 0.410 e. The monoisotopic (exact) mass is 375 g/mol. The first kappa shape index (κ1) is 18.1. The van der Waals surface area contributed by atoms with Crippen molar-refractivity contribution in [3.63, 3.8) is 0 Å². The van der Waals surface area contributed by atoms with Crippen molar-refractivity contribution in [2.45, 2.75) is 70.5 Å². The van der Waals surface area contributed by atoms with Gasteiger partial charge in [0.25, 0.3) is 0 Å². The zero-order valence-electron chi connectivity index (χ0n) is 14.2. The molecule has 0 unspecified atom stereocenters. The molecule has 0 aromatic carbocycles. The number of rotatable bonds is 4. The molecule has 1 heterocycles. The molecule has 0 spiro atoms. The minimum Gasteiger partial charge on any atom is -0.444 e. The number of piperidine rings is 1. The maximum atomic E-state index is 12.1. The van der Waals surface area contributed by atoms with Crippen LogP contribution in [0.3, 0.4) is 0 Å². The molecule has 1 aliphatic heterocycles. The Balaban J connectivity index is 1.81. The molecule has 0 atom stereocenters. The van der Waals surface area contributed by atoms with Crippen LogP contribution in [-0.2, 0) is 9.47 Å². The zero-order chi connectivity index (χ0) is 16.2. The summed E-state index contributed by atoms with van der Waals surface area (Å²) in [5.41, 5.74) is -0.541. The summed E-state index contributed by atoms with van der Waals surface area (Å²) in [6.07, 6.45) is 6.87. The molecule has 0 bridgehead atoms. The molecular weight excluding hydrogens is 346 g/mol. The maximum absolute atomic E-state index is 12.1. The van der Waals surface area contributed by atoms with Gasteiger partial charge in [-0.3, -0.25) is 0 Å². The van der Waals surface area contributed by atoms with Gasteiger partial charge in [-0.1, -0.05) is 28.8 Å². The number of carbonyl (C=O) groups excluding carboxylic acids is 1. The van der Waals surface area contributed by atoms with E-state index in [9.17, 15) is 4.79 Å². The molecule has 5 heteroatoms. The number of likely N-dealkylation sites (tertiary alicyclic amines) is 1. The van der Waals surface area contributed by atoms with Crippen LogP contribution in [0.4, 0.5) is 4.79 Å². The third-order valence-electron chi connectivity index (χ3n) is 4.67. The van der Waals surface area contributed by atoms with Gasteiger partial charge in [-0.2, -0.15) is 0 Å². The minimum absolute atomic E-state index is 0.110. The number of halogens is 1. The van der Waals surface area contributed by atoms with Crippen LogP contribution in [0.15, 0.2) is 0 Å². The standard InChI is InChI=1S/C17H30BrNO3/c1-16(2,3)22-15(20)19-10-8-17(13-18,9-11-19)21-12-14-6-4-5-7-14/h14H,4-13H2,1-3H3. The summed E-state index contributed by atoms with van der Waals surface area (Å²) in [4.78, 5) is 13.9. The molecule has 0 aromatic heterocycles. The van der Waals surface area contributed by atoms with E-state index in [0.29, 0.717) is 13.1 Å². The summed E-state index contributed by atoms with van der Waals surface area (Å²) in [5.74, 6) is 0.736. The number of nitrogens with zero attached hydrogens (tertiary/aromatic N) is 1. The molecule has 0 aromatic rings. The average molecular weight is 376 g/mol. The molecule has 2 fully saturated rings. The van der Waals surface area contributed by atoms with Crippen molar-refractivity contribution in [3.05, 3.63) is 0 Å². The second kappa shape index (κ2) is 7.52. The summed E-state index contributed by atoms with van der Waals surface area (Å²) in [5, 5.41) is 0.842. The van der Waals surface area contributed by atoms with Crippen LogP contribution in [0.2, 0.25) is 0 Å². The van der Waals surface area contributed by atoms with E-state index < -0.39 is 5.60 Å². The largest absolute Gasteiger partial charge is 0.444 e. The van der Waals surface area contributed by atoms with Crippen LogP contribution in [0.25, 0.3) is 0 Å². The number of amides is 1. The normalized spacial score (nSPS) is 22.8. The van der Waals surface area contributed by atoms with Crippen molar-refractivity contribution in [3.8, 4) is 0 Å². The lowest BCUT2D eigenvalue weighted by atomic mass is 9.93. The molecule has 1 saturated carbocycles. The number of hydrogen-bond acceptors (Lipinski definition) is 3. The van der Waals surface area contributed by atoms with Crippen molar-refractivity contribution in [1.29, 1.82) is 0 Å². The van der Waals surface area contributed by atoms with E-state index in [4.69, 9.17) is 9.47 Å². The topological polar surface area (TPSA) is 38.8 Å². The van der Waals surface area contributed by atoms with Crippen LogP contribution >= 0.6 is 15.9 Å². The van der Waals surface area contributed by atoms with E-state index >= 15 is 0 Å². The van der Waals surface area contributed by atoms with Gasteiger partial charge in [0.2, 0.25) is 0 Å². The van der Waals surface area contributed by atoms with Gasteiger partial charge in [0, 0.05) is 18.4 Å². The average Bonchev–Trinajstić information content (AvgIpc) is 2.97. The predicted molar refractivity (Wildman–Crippen MR) is 91.5 cm³/mol. The quantitative estimate of drug-likeness (QED) is 0.685. The Morgan fingerprint density at radius 1 is 1.23 bits per heavy atom. The van der Waals surface area contributed by atoms with Crippen molar-refractivity contribution < 1.29 is 14.3 Å². The van der Waals surface area contributed by atoms with E-state index in [1.807, 2.05) is 25.7 Å². The molecule has 1 amide bonds. The Labute approximate surface area is 143 Å². The van der Waals surface area contributed by atoms with Gasteiger partial charge in [-0.15, -0.1) is 0 Å². The van der Waals surface area contributed by atoms with Crippen molar-refractivity contribution in [2.24, 2.45) is 5.92 Å². The Bertz CT molecular complexity index is 367. The second-order valence-electron chi connectivity index (χ2n) is 7.75. The summed E-state index contributed by atoms with van der Waals surface area (Å²) in [6.45, 7) is 8.02. The number of hydrogen-bond donors (Lipinski definition) is 0. The summed E-state index contributed by atoms with van der Waals surface area (Å²) in [7, 11) is 0. The van der Waals surface area contributed by atoms with Crippen molar-refractivity contribution >= 4 is 22.0 Å². The van der Waals surface area contributed by atoms with Gasteiger partial charge in [0.15, 0.2) is 0 Å². The van der Waals surface area contributed by atoms with Gasteiger partial charge in [-0.25, -0.2) is 4.79 Å². The van der Waals surface area contributed by atoms with Crippen LogP contribution in [0, 0.1) is 5.92 Å². The van der Waals surface area contributed by atoms with Gasteiger partial charge >= 0.3 is 6.09 Å².